The van der Waals surface area contributed by atoms with Gasteiger partial charge in [-0.1, -0.05) is 108 Å². The molecular formula is C28H24. The lowest BCUT2D eigenvalue weighted by molar-refractivity contribution is 0.701. The number of benzene rings is 4. The number of hydrogen-bond acceptors (Lipinski definition) is 0. The predicted octanol–water partition coefficient (Wildman–Crippen LogP) is 6.59. The summed E-state index contributed by atoms with van der Waals surface area (Å²) in [7, 11) is 0. The number of aryl methyl sites for hydroxylation is 2. The third kappa shape index (κ3) is 2.45. The van der Waals surface area contributed by atoms with Gasteiger partial charge in [0.05, 0.1) is 5.41 Å². The average molecular weight is 361 g/mol. The summed E-state index contributed by atoms with van der Waals surface area (Å²) >= 11 is 0. The van der Waals surface area contributed by atoms with Crippen molar-refractivity contribution in [2.24, 2.45) is 0 Å². The highest BCUT2D eigenvalue weighted by Crippen LogP contribution is 2.51. The van der Waals surface area contributed by atoms with E-state index in [1.54, 1.807) is 0 Å². The Bertz CT molecular complexity index is 1040. The lowest BCUT2D eigenvalue weighted by Crippen LogP contribution is -2.36. The normalized spacial score (nSPS) is 14.2. The van der Waals surface area contributed by atoms with Crippen LogP contribution in [0.5, 0.6) is 0 Å². The van der Waals surface area contributed by atoms with E-state index in [2.05, 4.69) is 111 Å². The second-order valence-electron chi connectivity index (χ2n) is 7.98. The van der Waals surface area contributed by atoms with Crippen molar-refractivity contribution in [1.82, 2.24) is 0 Å². The predicted molar refractivity (Wildman–Crippen MR) is 117 cm³/mol. The molecule has 0 radical (unpaired) electrons. The topological polar surface area (TPSA) is 0 Å². The molecule has 0 nitrogen and oxygen atoms in total. The van der Waals surface area contributed by atoms with E-state index in [-0.39, 0.29) is 5.41 Å². The molecule has 0 aromatic heterocycles. The van der Waals surface area contributed by atoms with Crippen molar-refractivity contribution in [2.75, 3.05) is 0 Å². The molecule has 1 aliphatic carbocycles. The van der Waals surface area contributed by atoms with Gasteiger partial charge in [-0.2, -0.15) is 0 Å². The molecule has 0 heterocycles. The molecule has 0 atom stereocenters. The zero-order valence-corrected chi connectivity index (χ0v) is 16.4. The van der Waals surface area contributed by atoms with Crippen LogP contribution in [0.3, 0.4) is 0 Å². The summed E-state index contributed by atoms with van der Waals surface area (Å²) in [6, 6.07) is 36.0. The van der Waals surface area contributed by atoms with E-state index in [1.165, 1.54) is 44.5 Å². The Morgan fingerprint density at radius 2 is 0.964 bits per heavy atom. The Morgan fingerprint density at radius 3 is 1.39 bits per heavy atom. The molecule has 1 aliphatic rings. The minimum atomic E-state index is -0.288. The summed E-state index contributed by atoms with van der Waals surface area (Å²) in [6.07, 6.45) is 0.993. The van der Waals surface area contributed by atoms with Gasteiger partial charge in [-0.25, -0.2) is 0 Å². The molecule has 0 saturated carbocycles. The van der Waals surface area contributed by atoms with Gasteiger partial charge in [-0.15, -0.1) is 0 Å². The van der Waals surface area contributed by atoms with Gasteiger partial charge in [-0.05, 0) is 53.6 Å². The first-order chi connectivity index (χ1) is 13.7. The summed E-state index contributed by atoms with van der Waals surface area (Å²) in [4.78, 5) is 0. The van der Waals surface area contributed by atoms with Crippen molar-refractivity contribution in [1.29, 1.82) is 0 Å². The van der Waals surface area contributed by atoms with Crippen LogP contribution in [0.1, 0.15) is 44.5 Å². The molecule has 28 heavy (non-hydrogen) atoms. The highest BCUT2D eigenvalue weighted by atomic mass is 14.4. The molecule has 0 heteroatoms. The highest BCUT2D eigenvalue weighted by Gasteiger charge is 2.43. The number of rotatable bonds is 2. The molecule has 0 amide bonds. The zero-order valence-electron chi connectivity index (χ0n) is 16.4. The van der Waals surface area contributed by atoms with Crippen molar-refractivity contribution in [3.05, 3.63) is 142 Å². The minimum absolute atomic E-state index is 0.288. The molecule has 4 aromatic carbocycles. The summed E-state index contributed by atoms with van der Waals surface area (Å²) < 4.78 is 0. The van der Waals surface area contributed by atoms with E-state index in [4.69, 9.17) is 0 Å². The Morgan fingerprint density at radius 1 is 0.536 bits per heavy atom. The van der Waals surface area contributed by atoms with Gasteiger partial charge in [0.2, 0.25) is 0 Å². The van der Waals surface area contributed by atoms with E-state index in [0.717, 1.165) is 6.42 Å². The molecule has 136 valence electrons. The van der Waals surface area contributed by atoms with Gasteiger partial charge in [-0.3, -0.25) is 0 Å². The number of hydrogen-bond donors (Lipinski definition) is 0. The lowest BCUT2D eigenvalue weighted by Gasteiger charge is -2.42. The first-order valence-corrected chi connectivity index (χ1v) is 10.0. The average Bonchev–Trinajstić information content (AvgIpc) is 2.74. The van der Waals surface area contributed by atoms with Gasteiger partial charge >= 0.3 is 0 Å². The SMILES string of the molecule is Cc1ccc2c(c1)C(c1ccccc1)(c1ccccc1)c1cc(C)ccc1C2. The van der Waals surface area contributed by atoms with Crippen LogP contribution in [-0.2, 0) is 11.8 Å². The molecule has 0 spiro atoms. The number of fused-ring (bicyclic) bond motifs is 2. The van der Waals surface area contributed by atoms with Crippen LogP contribution in [0.25, 0.3) is 0 Å². The van der Waals surface area contributed by atoms with Crippen LogP contribution in [0.15, 0.2) is 97.1 Å². The van der Waals surface area contributed by atoms with E-state index < -0.39 is 0 Å². The van der Waals surface area contributed by atoms with Crippen LogP contribution in [-0.4, -0.2) is 0 Å². The third-order valence-electron chi connectivity index (χ3n) is 6.13. The maximum atomic E-state index is 2.40. The zero-order chi connectivity index (χ0) is 19.1. The van der Waals surface area contributed by atoms with Crippen molar-refractivity contribution in [3.8, 4) is 0 Å². The van der Waals surface area contributed by atoms with Crippen LogP contribution in [0.2, 0.25) is 0 Å². The first kappa shape index (κ1) is 17.0. The summed E-state index contributed by atoms with van der Waals surface area (Å²) in [5.41, 5.74) is 10.7. The molecule has 0 bridgehead atoms. The summed E-state index contributed by atoms with van der Waals surface area (Å²) in [6.45, 7) is 4.40. The monoisotopic (exact) mass is 360 g/mol. The fourth-order valence-corrected chi connectivity index (χ4v) is 4.90. The van der Waals surface area contributed by atoms with Gasteiger partial charge < -0.3 is 0 Å². The molecule has 0 aliphatic heterocycles. The van der Waals surface area contributed by atoms with E-state index >= 15 is 0 Å². The lowest BCUT2D eigenvalue weighted by atomic mass is 9.59. The van der Waals surface area contributed by atoms with Gasteiger partial charge in [0.25, 0.3) is 0 Å². The van der Waals surface area contributed by atoms with Gasteiger partial charge in [0.15, 0.2) is 0 Å². The molecule has 0 fully saturated rings. The fraction of sp³-hybridized carbons (Fsp3) is 0.143. The highest BCUT2D eigenvalue weighted by molar-refractivity contribution is 5.67. The van der Waals surface area contributed by atoms with Crippen molar-refractivity contribution < 1.29 is 0 Å². The Hall–Kier alpha value is -3.12. The van der Waals surface area contributed by atoms with Gasteiger partial charge in [0, 0.05) is 0 Å². The van der Waals surface area contributed by atoms with E-state index in [9.17, 15) is 0 Å². The molecule has 4 aromatic rings. The molecule has 0 unspecified atom stereocenters. The van der Waals surface area contributed by atoms with Crippen LogP contribution in [0, 0.1) is 13.8 Å². The fourth-order valence-electron chi connectivity index (χ4n) is 4.90. The Balaban J connectivity index is 1.99. The van der Waals surface area contributed by atoms with Crippen LogP contribution < -0.4 is 0 Å². The van der Waals surface area contributed by atoms with Crippen molar-refractivity contribution >= 4 is 0 Å². The smallest absolute Gasteiger partial charge is 0.0622 e. The quantitative estimate of drug-likeness (QED) is 0.333. The van der Waals surface area contributed by atoms with E-state index in [1.807, 2.05) is 0 Å². The van der Waals surface area contributed by atoms with E-state index in [0.29, 0.717) is 0 Å². The maximum absolute atomic E-state index is 2.40. The maximum Gasteiger partial charge on any atom is 0.0707 e. The molecule has 0 N–H and O–H groups in total. The van der Waals surface area contributed by atoms with Crippen molar-refractivity contribution in [3.63, 3.8) is 0 Å². The largest absolute Gasteiger partial charge is 0.0707 e. The molecular weight excluding hydrogens is 336 g/mol. The minimum Gasteiger partial charge on any atom is -0.0622 e. The van der Waals surface area contributed by atoms with Gasteiger partial charge in [0.1, 0.15) is 0 Å². The molecule has 0 saturated heterocycles. The van der Waals surface area contributed by atoms with Crippen molar-refractivity contribution in [2.45, 2.75) is 25.7 Å². The second kappa shape index (κ2) is 6.49. The van der Waals surface area contributed by atoms with Crippen LogP contribution >= 0.6 is 0 Å². The Labute approximate surface area is 167 Å². The standard InChI is InChI=1S/C28H24/c1-20-13-15-22-19-23-16-14-21(2)18-27(23)28(26(22)17-20,24-9-5-3-6-10-24)25-11-7-4-8-12-25/h3-18H,19H2,1-2H3. The summed E-state index contributed by atoms with van der Waals surface area (Å²) in [5.74, 6) is 0. The first-order valence-electron chi connectivity index (χ1n) is 10.0. The Kier molecular flexibility index (Phi) is 3.94. The third-order valence-corrected chi connectivity index (χ3v) is 6.13. The summed E-state index contributed by atoms with van der Waals surface area (Å²) in [5, 5.41) is 0. The van der Waals surface area contributed by atoms with Crippen LogP contribution in [0.4, 0.5) is 0 Å². The molecule has 5 rings (SSSR count). The second-order valence-corrected chi connectivity index (χ2v) is 7.98.